The van der Waals surface area contributed by atoms with Crippen LogP contribution in [0.5, 0.6) is 0 Å². The van der Waals surface area contributed by atoms with Crippen molar-refractivity contribution in [3.8, 4) is 11.1 Å². The second-order valence-corrected chi connectivity index (χ2v) is 8.18. The summed E-state index contributed by atoms with van der Waals surface area (Å²) in [7, 11) is 1.79. The Morgan fingerprint density at radius 1 is 1.31 bits per heavy atom. The molecule has 1 fully saturated rings. The molecule has 5 rings (SSSR count). The molecular formula is C22H23F2N7O. The minimum Gasteiger partial charge on any atom is -0.350 e. The van der Waals surface area contributed by atoms with Crippen molar-refractivity contribution in [2.75, 3.05) is 18.9 Å². The smallest absolute Gasteiger partial charge is 0.256 e. The van der Waals surface area contributed by atoms with E-state index >= 15 is 0 Å². The second-order valence-electron chi connectivity index (χ2n) is 8.18. The molecule has 1 saturated heterocycles. The highest BCUT2D eigenvalue weighted by atomic mass is 19.3. The molecule has 0 aliphatic carbocycles. The van der Waals surface area contributed by atoms with Gasteiger partial charge in [-0.05, 0) is 31.0 Å². The molecule has 4 aromatic rings. The van der Waals surface area contributed by atoms with Crippen LogP contribution in [0.15, 0.2) is 30.6 Å². The Balaban J connectivity index is 1.45. The van der Waals surface area contributed by atoms with Gasteiger partial charge >= 0.3 is 0 Å². The summed E-state index contributed by atoms with van der Waals surface area (Å²) in [5.74, 6) is 1.21. The van der Waals surface area contributed by atoms with E-state index in [1.165, 1.54) is 0 Å². The van der Waals surface area contributed by atoms with Crippen LogP contribution >= 0.6 is 0 Å². The molecule has 1 atom stereocenters. The number of aromatic amines is 1. The van der Waals surface area contributed by atoms with Crippen LogP contribution in [0.4, 0.5) is 14.7 Å². The highest BCUT2D eigenvalue weighted by molar-refractivity contribution is 5.95. The van der Waals surface area contributed by atoms with Gasteiger partial charge in [-0.25, -0.2) is 18.7 Å². The summed E-state index contributed by atoms with van der Waals surface area (Å²) in [6.07, 6.45) is 2.39. The lowest BCUT2D eigenvalue weighted by Gasteiger charge is -2.30. The van der Waals surface area contributed by atoms with Crippen LogP contribution in [0.25, 0.3) is 33.2 Å². The van der Waals surface area contributed by atoms with Gasteiger partial charge in [0.15, 0.2) is 0 Å². The number of hydrogen-bond donors (Lipinski definition) is 2. The first-order valence-corrected chi connectivity index (χ1v) is 10.5. The molecule has 2 N–H and O–H groups in total. The van der Waals surface area contributed by atoms with E-state index in [9.17, 15) is 13.6 Å². The van der Waals surface area contributed by atoms with Crippen molar-refractivity contribution in [1.82, 2.24) is 29.4 Å². The van der Waals surface area contributed by atoms with Crippen LogP contribution in [-0.2, 0) is 11.3 Å². The predicted octanol–water partition coefficient (Wildman–Crippen LogP) is 3.58. The SMILES string of the molecule is Cc1nc2ccc(-c3c[nH]c4nc(N[C@@H]5CCC(=O)N(C)C5)ncc34)cc2n1CC(F)F. The highest BCUT2D eigenvalue weighted by Gasteiger charge is 2.23. The van der Waals surface area contributed by atoms with Gasteiger partial charge in [0.1, 0.15) is 11.5 Å². The maximum Gasteiger partial charge on any atom is 0.256 e. The fourth-order valence-corrected chi connectivity index (χ4v) is 4.31. The standard InChI is InChI=1S/C22H23F2N7O/c1-12-27-17-5-3-13(7-18(17)31(12)11-19(23)24)15-8-25-21-16(15)9-26-22(29-21)28-14-4-6-20(32)30(2)10-14/h3,5,7-9,14,19H,4,6,10-11H2,1-2H3,(H2,25,26,28,29)/t14-/m1/s1. The normalized spacial score (nSPS) is 17.1. The summed E-state index contributed by atoms with van der Waals surface area (Å²) < 4.78 is 27.6. The largest absolute Gasteiger partial charge is 0.350 e. The van der Waals surface area contributed by atoms with E-state index in [2.05, 4.69) is 25.3 Å². The Hall–Kier alpha value is -3.56. The zero-order valence-corrected chi connectivity index (χ0v) is 17.8. The average molecular weight is 439 g/mol. The predicted molar refractivity (Wildman–Crippen MR) is 118 cm³/mol. The zero-order chi connectivity index (χ0) is 22.4. The van der Waals surface area contributed by atoms with Gasteiger partial charge in [0, 0.05) is 49.4 Å². The lowest BCUT2D eigenvalue weighted by atomic mass is 10.1. The number of hydrogen-bond acceptors (Lipinski definition) is 5. The van der Waals surface area contributed by atoms with Crippen molar-refractivity contribution < 1.29 is 13.6 Å². The Morgan fingerprint density at radius 2 is 2.16 bits per heavy atom. The minimum atomic E-state index is -2.45. The first kappa shape index (κ1) is 20.3. The third-order valence-corrected chi connectivity index (χ3v) is 5.96. The van der Waals surface area contributed by atoms with Gasteiger partial charge < -0.3 is 19.8 Å². The van der Waals surface area contributed by atoms with E-state index in [1.807, 2.05) is 24.4 Å². The first-order chi connectivity index (χ1) is 15.4. The number of imidazole rings is 1. The monoisotopic (exact) mass is 439 g/mol. The molecule has 4 heterocycles. The number of piperidine rings is 1. The third kappa shape index (κ3) is 3.65. The molecule has 1 aliphatic rings. The van der Waals surface area contributed by atoms with Crippen molar-refractivity contribution in [1.29, 1.82) is 0 Å². The molecule has 32 heavy (non-hydrogen) atoms. The van der Waals surface area contributed by atoms with Crippen LogP contribution in [0.1, 0.15) is 18.7 Å². The van der Waals surface area contributed by atoms with Crippen molar-refractivity contribution in [3.05, 3.63) is 36.4 Å². The number of halogens is 2. The quantitative estimate of drug-likeness (QED) is 0.496. The number of alkyl halides is 2. The Kier molecular flexibility index (Phi) is 4.99. The van der Waals surface area contributed by atoms with Crippen molar-refractivity contribution in [2.24, 2.45) is 0 Å². The van der Waals surface area contributed by atoms with Gasteiger partial charge in [0.2, 0.25) is 11.9 Å². The molecule has 0 unspecified atom stereocenters. The Bertz CT molecular complexity index is 1310. The van der Waals surface area contributed by atoms with Gasteiger partial charge in [0.25, 0.3) is 6.43 Å². The molecule has 0 spiro atoms. The Morgan fingerprint density at radius 3 is 2.94 bits per heavy atom. The van der Waals surface area contributed by atoms with E-state index in [0.29, 0.717) is 41.4 Å². The van der Waals surface area contributed by atoms with Crippen LogP contribution in [0.2, 0.25) is 0 Å². The average Bonchev–Trinajstić information content (AvgIpc) is 3.31. The summed E-state index contributed by atoms with van der Waals surface area (Å²) in [5, 5.41) is 4.14. The molecular weight excluding hydrogens is 416 g/mol. The number of aryl methyl sites for hydroxylation is 1. The summed E-state index contributed by atoms with van der Waals surface area (Å²) in [6.45, 7) is 1.96. The summed E-state index contributed by atoms with van der Waals surface area (Å²) in [4.78, 5) is 30.0. The van der Waals surface area contributed by atoms with Crippen LogP contribution in [0, 0.1) is 6.92 Å². The molecule has 8 nitrogen and oxygen atoms in total. The number of nitrogens with zero attached hydrogens (tertiary/aromatic N) is 5. The number of aromatic nitrogens is 5. The fourth-order valence-electron chi connectivity index (χ4n) is 4.31. The number of carbonyl (C=O) groups excluding carboxylic acids is 1. The van der Waals surface area contributed by atoms with E-state index in [1.54, 1.807) is 29.6 Å². The number of likely N-dealkylation sites (N-methyl/N-ethyl adjacent to an activating group) is 1. The molecule has 1 amide bonds. The molecule has 0 bridgehead atoms. The zero-order valence-electron chi connectivity index (χ0n) is 17.8. The summed E-state index contributed by atoms with van der Waals surface area (Å²) in [5.41, 5.74) is 3.79. The van der Waals surface area contributed by atoms with Gasteiger partial charge in [-0.2, -0.15) is 4.98 Å². The van der Waals surface area contributed by atoms with E-state index in [-0.39, 0.29) is 18.5 Å². The van der Waals surface area contributed by atoms with E-state index in [0.717, 1.165) is 22.9 Å². The molecule has 3 aromatic heterocycles. The van der Waals surface area contributed by atoms with Gasteiger partial charge in [-0.3, -0.25) is 4.79 Å². The van der Waals surface area contributed by atoms with Crippen molar-refractivity contribution in [3.63, 3.8) is 0 Å². The highest BCUT2D eigenvalue weighted by Crippen LogP contribution is 2.31. The number of benzene rings is 1. The summed E-state index contributed by atoms with van der Waals surface area (Å²) >= 11 is 0. The maximum absolute atomic E-state index is 13.0. The van der Waals surface area contributed by atoms with Gasteiger partial charge in [-0.1, -0.05) is 6.07 Å². The number of rotatable bonds is 5. The molecule has 0 saturated carbocycles. The van der Waals surface area contributed by atoms with Crippen LogP contribution in [-0.4, -0.2) is 61.4 Å². The molecule has 10 heteroatoms. The maximum atomic E-state index is 13.0. The number of likely N-dealkylation sites (tertiary alicyclic amines) is 1. The lowest BCUT2D eigenvalue weighted by molar-refractivity contribution is -0.132. The van der Waals surface area contributed by atoms with E-state index in [4.69, 9.17) is 0 Å². The lowest BCUT2D eigenvalue weighted by Crippen LogP contribution is -2.43. The van der Waals surface area contributed by atoms with Crippen molar-refractivity contribution in [2.45, 2.75) is 38.8 Å². The fraction of sp³-hybridized carbons (Fsp3) is 0.364. The molecule has 166 valence electrons. The second kappa shape index (κ2) is 7.85. The molecule has 1 aliphatic heterocycles. The topological polar surface area (TPSA) is 91.7 Å². The Labute approximate surface area is 182 Å². The number of H-pyrrole nitrogens is 1. The first-order valence-electron chi connectivity index (χ1n) is 10.5. The number of carbonyl (C=O) groups is 1. The van der Waals surface area contributed by atoms with Gasteiger partial charge in [-0.15, -0.1) is 0 Å². The molecule has 0 radical (unpaired) electrons. The number of nitrogens with one attached hydrogen (secondary N) is 2. The number of amides is 1. The number of anilines is 1. The van der Waals surface area contributed by atoms with Crippen molar-refractivity contribution >= 4 is 33.9 Å². The van der Waals surface area contributed by atoms with Crippen LogP contribution < -0.4 is 5.32 Å². The van der Waals surface area contributed by atoms with Crippen LogP contribution in [0.3, 0.4) is 0 Å². The third-order valence-electron chi connectivity index (χ3n) is 5.96. The summed E-state index contributed by atoms with van der Waals surface area (Å²) in [6, 6.07) is 5.74. The minimum absolute atomic E-state index is 0.102. The van der Waals surface area contributed by atoms with Gasteiger partial charge in [0.05, 0.1) is 17.6 Å². The van der Waals surface area contributed by atoms with E-state index < -0.39 is 6.43 Å². The number of fused-ring (bicyclic) bond motifs is 2. The molecule has 1 aromatic carbocycles.